The lowest BCUT2D eigenvalue weighted by atomic mass is 9.92. The van der Waals surface area contributed by atoms with Crippen molar-refractivity contribution in [1.29, 1.82) is 0 Å². The van der Waals surface area contributed by atoms with Gasteiger partial charge in [-0.05, 0) is 12.1 Å². The molecule has 0 saturated carbocycles. The van der Waals surface area contributed by atoms with Crippen LogP contribution in [-0.4, -0.2) is 46.3 Å². The minimum atomic E-state index is -1.22. The maximum absolute atomic E-state index is 13.3. The predicted molar refractivity (Wildman–Crippen MR) is 102 cm³/mol. The van der Waals surface area contributed by atoms with Gasteiger partial charge in [0, 0.05) is 30.7 Å². The molecule has 0 saturated heterocycles. The molecule has 1 heterocycles. The molecular weight excluding hydrogens is 380 g/mol. The molecule has 8 nitrogen and oxygen atoms in total. The molecule has 8 heteroatoms. The van der Waals surface area contributed by atoms with Crippen LogP contribution in [0, 0.1) is 0 Å². The number of ketones is 1. The fraction of sp³-hybridized carbons (Fsp3) is 0.333. The molecule has 0 spiro atoms. The molecule has 0 aromatic heterocycles. The van der Waals surface area contributed by atoms with Crippen LogP contribution in [0.2, 0.25) is 0 Å². The summed E-state index contributed by atoms with van der Waals surface area (Å²) < 4.78 is 32.7. The lowest BCUT2D eigenvalue weighted by Crippen LogP contribution is -2.40. The van der Waals surface area contributed by atoms with Gasteiger partial charge in [0.05, 0.1) is 28.4 Å². The Labute approximate surface area is 168 Å². The number of hydrogen-bond donors (Lipinski definition) is 0. The molecule has 1 aliphatic heterocycles. The highest BCUT2D eigenvalue weighted by Gasteiger charge is 2.44. The minimum Gasteiger partial charge on any atom is -0.497 e. The van der Waals surface area contributed by atoms with Crippen LogP contribution < -0.4 is 23.7 Å². The second-order valence-corrected chi connectivity index (χ2v) is 6.24. The van der Waals surface area contributed by atoms with Gasteiger partial charge in [0.2, 0.25) is 11.9 Å². The molecule has 0 unspecified atom stereocenters. The monoisotopic (exact) mass is 402 g/mol. The van der Waals surface area contributed by atoms with E-state index < -0.39 is 24.0 Å². The first-order valence-electron chi connectivity index (χ1n) is 8.79. The second kappa shape index (κ2) is 8.30. The van der Waals surface area contributed by atoms with Crippen molar-refractivity contribution >= 4 is 11.8 Å². The fourth-order valence-corrected chi connectivity index (χ4v) is 3.23. The summed E-state index contributed by atoms with van der Waals surface area (Å²) in [5.41, 5.74) is 0.712. The zero-order valence-corrected chi connectivity index (χ0v) is 16.8. The van der Waals surface area contributed by atoms with Gasteiger partial charge in [-0.1, -0.05) is 0 Å². The highest BCUT2D eigenvalue weighted by molar-refractivity contribution is 6.06. The average molecular weight is 402 g/mol. The van der Waals surface area contributed by atoms with Crippen LogP contribution in [0.15, 0.2) is 30.3 Å². The topological polar surface area (TPSA) is 89.5 Å². The molecule has 1 aliphatic rings. The number of hydrogen-bond acceptors (Lipinski definition) is 8. The summed E-state index contributed by atoms with van der Waals surface area (Å²) in [6.45, 7) is 1.23. The summed E-state index contributed by atoms with van der Waals surface area (Å²) in [5, 5.41) is 0. The number of methoxy groups -OCH3 is 4. The van der Waals surface area contributed by atoms with Crippen LogP contribution in [0.4, 0.5) is 0 Å². The summed E-state index contributed by atoms with van der Waals surface area (Å²) in [6, 6.07) is 8.23. The number of carbonyl (C=O) groups excluding carboxylic acids is 2. The lowest BCUT2D eigenvalue weighted by molar-refractivity contribution is -0.148. The van der Waals surface area contributed by atoms with Crippen molar-refractivity contribution in [2.24, 2.45) is 0 Å². The Kier molecular flexibility index (Phi) is 5.81. The Morgan fingerprint density at radius 3 is 2.14 bits per heavy atom. The zero-order chi connectivity index (χ0) is 21.1. The van der Waals surface area contributed by atoms with E-state index in [2.05, 4.69) is 0 Å². The van der Waals surface area contributed by atoms with Crippen LogP contribution in [0.25, 0.3) is 0 Å². The van der Waals surface area contributed by atoms with Gasteiger partial charge < -0.3 is 28.4 Å². The third-order valence-corrected chi connectivity index (χ3v) is 4.57. The first kappa shape index (κ1) is 20.3. The maximum Gasteiger partial charge on any atom is 0.303 e. The van der Waals surface area contributed by atoms with Gasteiger partial charge in [-0.2, -0.15) is 0 Å². The van der Waals surface area contributed by atoms with Gasteiger partial charge in [0.25, 0.3) is 0 Å². The van der Waals surface area contributed by atoms with Crippen LogP contribution in [0.5, 0.6) is 28.7 Å². The first-order chi connectivity index (χ1) is 13.9. The summed E-state index contributed by atoms with van der Waals surface area (Å²) in [6.07, 6.45) is -2.15. The molecule has 2 aromatic rings. The average Bonchev–Trinajstić information content (AvgIpc) is 2.73. The van der Waals surface area contributed by atoms with Gasteiger partial charge in [0.1, 0.15) is 34.3 Å². The molecule has 3 rings (SSSR count). The number of ether oxygens (including phenoxy) is 6. The molecule has 0 amide bonds. The molecule has 0 radical (unpaired) electrons. The first-order valence-corrected chi connectivity index (χ1v) is 8.79. The van der Waals surface area contributed by atoms with E-state index in [0.717, 1.165) is 0 Å². The van der Waals surface area contributed by atoms with E-state index in [0.29, 0.717) is 22.8 Å². The lowest BCUT2D eigenvalue weighted by Gasteiger charge is -2.33. The number of rotatable bonds is 6. The molecule has 0 aliphatic carbocycles. The molecule has 29 heavy (non-hydrogen) atoms. The molecule has 0 N–H and O–H groups in total. The van der Waals surface area contributed by atoms with Crippen molar-refractivity contribution < 1.29 is 38.0 Å². The highest BCUT2D eigenvalue weighted by Crippen LogP contribution is 2.45. The van der Waals surface area contributed by atoms with Gasteiger partial charge >= 0.3 is 5.97 Å². The number of Topliss-reactive ketones (excluding diaryl/α,β-unsaturated/α-hetero) is 1. The van der Waals surface area contributed by atoms with Crippen LogP contribution in [0.3, 0.4) is 0 Å². The van der Waals surface area contributed by atoms with Crippen LogP contribution in [-0.2, 0) is 9.53 Å². The van der Waals surface area contributed by atoms with Crippen molar-refractivity contribution in [3.63, 3.8) is 0 Å². The molecule has 0 bridgehead atoms. The third-order valence-electron chi connectivity index (χ3n) is 4.57. The van der Waals surface area contributed by atoms with E-state index in [1.807, 2.05) is 0 Å². The second-order valence-electron chi connectivity index (χ2n) is 6.24. The van der Waals surface area contributed by atoms with Crippen molar-refractivity contribution in [3.8, 4) is 28.7 Å². The number of benzene rings is 2. The quantitative estimate of drug-likeness (QED) is 0.682. The normalized spacial score (nSPS) is 17.6. The maximum atomic E-state index is 13.3. The smallest absolute Gasteiger partial charge is 0.303 e. The molecule has 154 valence electrons. The standard InChI is InChI=1S/C21H22O8/c1-11(22)28-21-19(23)18-16(27-5)9-13(25-3)10-17(18)29-20(21)14-7-6-12(24-2)8-15(14)26-4/h6-10,20-21H,1-5H3/t20-,21+/m0/s1. The molecule has 0 fully saturated rings. The molecule has 2 atom stereocenters. The Hall–Kier alpha value is -3.42. The van der Waals surface area contributed by atoms with Crippen LogP contribution in [0.1, 0.15) is 28.9 Å². The molecular formula is C21H22O8. The summed E-state index contributed by atoms with van der Waals surface area (Å²) in [5.74, 6) is 0.932. The number of carbonyl (C=O) groups is 2. The summed E-state index contributed by atoms with van der Waals surface area (Å²) >= 11 is 0. The van der Waals surface area contributed by atoms with Gasteiger partial charge in [-0.25, -0.2) is 0 Å². The van der Waals surface area contributed by atoms with Crippen LogP contribution >= 0.6 is 0 Å². The van der Waals surface area contributed by atoms with Gasteiger partial charge in [0.15, 0.2) is 6.10 Å². The minimum absolute atomic E-state index is 0.184. The largest absolute Gasteiger partial charge is 0.497 e. The third kappa shape index (κ3) is 3.78. The zero-order valence-electron chi connectivity index (χ0n) is 16.8. The Balaban J connectivity index is 2.17. The predicted octanol–water partition coefficient (Wildman–Crippen LogP) is 2.97. The number of fused-ring (bicyclic) bond motifs is 1. The summed E-state index contributed by atoms with van der Waals surface area (Å²) in [7, 11) is 5.95. The Bertz CT molecular complexity index is 937. The van der Waals surface area contributed by atoms with E-state index in [9.17, 15) is 9.59 Å². The SMILES string of the molecule is COc1ccc([C@@H]2Oc3cc(OC)cc(OC)c3C(=O)[C@H]2OC(C)=O)c(OC)c1. The Morgan fingerprint density at radius 2 is 1.55 bits per heavy atom. The van der Waals surface area contributed by atoms with Crippen molar-refractivity contribution in [3.05, 3.63) is 41.5 Å². The van der Waals surface area contributed by atoms with E-state index >= 15 is 0 Å². The van der Waals surface area contributed by atoms with Crippen molar-refractivity contribution in [2.45, 2.75) is 19.1 Å². The summed E-state index contributed by atoms with van der Waals surface area (Å²) in [4.78, 5) is 25.0. The molecule has 2 aromatic carbocycles. The Morgan fingerprint density at radius 1 is 0.897 bits per heavy atom. The van der Waals surface area contributed by atoms with Gasteiger partial charge in [-0.15, -0.1) is 0 Å². The number of esters is 1. The van der Waals surface area contributed by atoms with E-state index in [1.54, 1.807) is 30.3 Å². The van der Waals surface area contributed by atoms with E-state index in [4.69, 9.17) is 28.4 Å². The van der Waals surface area contributed by atoms with E-state index in [-0.39, 0.29) is 17.1 Å². The van der Waals surface area contributed by atoms with Crippen molar-refractivity contribution in [2.75, 3.05) is 28.4 Å². The van der Waals surface area contributed by atoms with Gasteiger partial charge in [-0.3, -0.25) is 9.59 Å². The highest BCUT2D eigenvalue weighted by atomic mass is 16.6. The fourth-order valence-electron chi connectivity index (χ4n) is 3.23. The van der Waals surface area contributed by atoms with E-state index in [1.165, 1.54) is 35.4 Å². The van der Waals surface area contributed by atoms with Crippen molar-refractivity contribution in [1.82, 2.24) is 0 Å².